The van der Waals surface area contributed by atoms with Crippen LogP contribution in [-0.2, 0) is 49.3 Å². The number of carboxylic acids is 1. The first-order valence-electron chi connectivity index (χ1n) is 19.1. The number of nitrogens with one attached hydrogen (secondary N) is 2. The lowest BCUT2D eigenvalue weighted by Crippen LogP contribution is -2.50. The van der Waals surface area contributed by atoms with E-state index in [-0.39, 0.29) is 57.4 Å². The Morgan fingerprint density at radius 2 is 1.33 bits per heavy atom. The number of nitrogens with two attached hydrogens (primary N) is 2. The van der Waals surface area contributed by atoms with Crippen LogP contribution in [0.15, 0.2) is 35.3 Å². The van der Waals surface area contributed by atoms with Crippen molar-refractivity contribution in [1.29, 1.82) is 0 Å². The molecule has 1 aromatic carbocycles. The summed E-state index contributed by atoms with van der Waals surface area (Å²) in [6.45, 7) is 9.95. The molecule has 16 heteroatoms. The summed E-state index contributed by atoms with van der Waals surface area (Å²) in [6, 6.07) is 6.38. The molecule has 4 atom stereocenters. The Bertz CT molecular complexity index is 1290. The van der Waals surface area contributed by atoms with Crippen LogP contribution in [0.25, 0.3) is 0 Å². The monoisotopic (exact) mass is 779 g/mol. The topological polar surface area (TPSA) is 251 Å². The van der Waals surface area contributed by atoms with E-state index in [2.05, 4.69) is 29.5 Å². The van der Waals surface area contributed by atoms with E-state index in [1.165, 1.54) is 0 Å². The molecule has 2 amide bonds. The molecule has 0 saturated heterocycles. The Labute approximate surface area is 325 Å². The van der Waals surface area contributed by atoms with Crippen molar-refractivity contribution in [1.82, 2.24) is 10.6 Å². The Morgan fingerprint density at radius 1 is 0.745 bits per heavy atom. The maximum atomic E-state index is 13.5. The second-order valence-electron chi connectivity index (χ2n) is 14.2. The smallest absolute Gasteiger partial charge is 0.326 e. The molecule has 0 unspecified atom stereocenters. The van der Waals surface area contributed by atoms with Crippen molar-refractivity contribution in [2.75, 3.05) is 66.0 Å². The van der Waals surface area contributed by atoms with E-state index in [9.17, 15) is 34.2 Å². The van der Waals surface area contributed by atoms with E-state index in [0.717, 1.165) is 19.4 Å². The van der Waals surface area contributed by atoms with Crippen LogP contribution in [-0.4, -0.2) is 124 Å². The fraction of sp³-hybridized carbons (Fsp3) is 0.692. The number of rotatable bonds is 33. The minimum Gasteiger partial charge on any atom is -0.480 e. The molecule has 0 spiro atoms. The molecule has 0 aliphatic carbocycles. The first-order chi connectivity index (χ1) is 26.2. The van der Waals surface area contributed by atoms with Crippen molar-refractivity contribution in [2.24, 2.45) is 40.1 Å². The molecular formula is C39H65N5O11. The lowest BCUT2D eigenvalue weighted by atomic mass is 9.90. The number of hydrogen-bond donors (Lipinski definition) is 6. The van der Waals surface area contributed by atoms with Crippen LogP contribution in [0.3, 0.4) is 0 Å². The molecule has 0 bridgehead atoms. The van der Waals surface area contributed by atoms with E-state index in [0.29, 0.717) is 44.3 Å². The summed E-state index contributed by atoms with van der Waals surface area (Å²) >= 11 is 0. The van der Waals surface area contributed by atoms with Gasteiger partial charge in [0.25, 0.3) is 0 Å². The summed E-state index contributed by atoms with van der Waals surface area (Å²) in [4.78, 5) is 68.7. The number of carboxylic acid groups (broad SMARTS) is 1. The van der Waals surface area contributed by atoms with Crippen molar-refractivity contribution in [3.8, 4) is 0 Å². The van der Waals surface area contributed by atoms with Gasteiger partial charge in [0.05, 0.1) is 58.2 Å². The van der Waals surface area contributed by atoms with Gasteiger partial charge in [-0.15, -0.1) is 0 Å². The average Bonchev–Trinajstić information content (AvgIpc) is 3.13. The number of ether oxygens (including phenoxy) is 4. The number of aliphatic imine (C=N–C) groups is 1. The van der Waals surface area contributed by atoms with Gasteiger partial charge < -0.3 is 51.3 Å². The number of Topliss-reactive ketones (excluding diaryl/α,β-unsaturated/α-hetero) is 2. The van der Waals surface area contributed by atoms with Crippen molar-refractivity contribution in [3.05, 3.63) is 35.9 Å². The molecule has 0 heterocycles. The third kappa shape index (κ3) is 23.5. The van der Waals surface area contributed by atoms with Crippen LogP contribution in [0.2, 0.25) is 0 Å². The highest BCUT2D eigenvalue weighted by molar-refractivity contribution is 5.95. The van der Waals surface area contributed by atoms with Gasteiger partial charge in [0.2, 0.25) is 11.8 Å². The van der Waals surface area contributed by atoms with Crippen molar-refractivity contribution < 1.29 is 53.1 Å². The SMILES string of the molecule is CC(C)CCCOCCOCCOCCOCC(=O)C[C@@H](CCCN=C(N)N)C(=O)N[C@H](C(=O)C[C@@H](CO)C(=O)N[C@@H](Cc1ccccc1)C(=O)O)C(C)C. The predicted octanol–water partition coefficient (Wildman–Crippen LogP) is 1.64. The van der Waals surface area contributed by atoms with E-state index >= 15 is 0 Å². The molecule has 1 aromatic rings. The zero-order chi connectivity index (χ0) is 41.0. The molecule has 0 fully saturated rings. The van der Waals surface area contributed by atoms with Crippen LogP contribution in [0.1, 0.15) is 71.8 Å². The van der Waals surface area contributed by atoms with Crippen LogP contribution in [0.5, 0.6) is 0 Å². The fourth-order valence-electron chi connectivity index (χ4n) is 5.48. The number of nitrogens with zero attached hydrogens (tertiary/aromatic N) is 1. The predicted molar refractivity (Wildman–Crippen MR) is 207 cm³/mol. The highest BCUT2D eigenvalue weighted by Gasteiger charge is 2.33. The largest absolute Gasteiger partial charge is 0.480 e. The number of aliphatic carboxylic acids is 1. The van der Waals surface area contributed by atoms with Crippen molar-refractivity contribution in [3.63, 3.8) is 0 Å². The molecule has 0 aliphatic rings. The van der Waals surface area contributed by atoms with E-state index < -0.39 is 66.4 Å². The Morgan fingerprint density at radius 3 is 1.87 bits per heavy atom. The van der Waals surface area contributed by atoms with Gasteiger partial charge in [-0.05, 0) is 43.1 Å². The number of aliphatic hydroxyl groups is 1. The minimum absolute atomic E-state index is 0.00569. The molecular weight excluding hydrogens is 714 g/mol. The second kappa shape index (κ2) is 29.3. The third-order valence-corrected chi connectivity index (χ3v) is 8.55. The maximum Gasteiger partial charge on any atom is 0.326 e. The Hall–Kier alpha value is -3.96. The molecule has 8 N–H and O–H groups in total. The van der Waals surface area contributed by atoms with Gasteiger partial charge in [0.1, 0.15) is 12.6 Å². The first-order valence-corrected chi connectivity index (χ1v) is 19.1. The zero-order valence-electron chi connectivity index (χ0n) is 33.0. The van der Waals surface area contributed by atoms with Crippen LogP contribution in [0, 0.1) is 23.7 Å². The molecule has 16 nitrogen and oxygen atoms in total. The minimum atomic E-state index is -1.28. The number of aliphatic hydroxyl groups excluding tert-OH is 1. The van der Waals surface area contributed by atoms with Crippen molar-refractivity contribution in [2.45, 2.75) is 84.7 Å². The molecule has 0 aromatic heterocycles. The molecule has 0 radical (unpaired) electrons. The summed E-state index contributed by atoms with van der Waals surface area (Å²) in [6.07, 6.45) is 2.17. The molecule has 0 saturated carbocycles. The summed E-state index contributed by atoms with van der Waals surface area (Å²) in [7, 11) is 0. The normalized spacial score (nSPS) is 13.5. The number of amides is 2. The van der Waals surface area contributed by atoms with E-state index in [1.54, 1.807) is 44.2 Å². The quantitative estimate of drug-likeness (QED) is 0.0338. The lowest BCUT2D eigenvalue weighted by Gasteiger charge is -2.26. The van der Waals surface area contributed by atoms with E-state index in [1.807, 2.05) is 0 Å². The van der Waals surface area contributed by atoms with Crippen LogP contribution >= 0.6 is 0 Å². The number of carbonyl (C=O) groups is 5. The standard InChI is InChI=1S/C39H65N5O11/c1-27(2)10-9-15-52-16-17-53-18-19-54-20-21-55-26-32(46)23-30(13-8-14-42-39(40)41)36(48)44-35(28(3)4)34(47)24-31(25-45)37(49)43-33(38(50)51)22-29-11-6-5-7-12-29/h5-7,11-12,27-28,30-31,33,35,45H,8-10,13-26H2,1-4H3,(H,43,49)(H,44,48)(H,50,51)(H4,40,41,42)/t30-,31+,33+,35+/m1/s1. The maximum absolute atomic E-state index is 13.5. The van der Waals surface area contributed by atoms with Gasteiger partial charge >= 0.3 is 5.97 Å². The molecule has 1 rings (SSSR count). The van der Waals surface area contributed by atoms with Crippen LogP contribution in [0.4, 0.5) is 0 Å². The van der Waals surface area contributed by atoms with E-state index in [4.69, 9.17) is 30.4 Å². The van der Waals surface area contributed by atoms with Gasteiger partial charge in [-0.3, -0.25) is 24.2 Å². The second-order valence-corrected chi connectivity index (χ2v) is 14.2. The third-order valence-electron chi connectivity index (χ3n) is 8.55. The number of hydrogen-bond acceptors (Lipinski definition) is 11. The zero-order valence-corrected chi connectivity index (χ0v) is 33.0. The Balaban J connectivity index is 2.67. The molecule has 0 aliphatic heterocycles. The van der Waals surface area contributed by atoms with Crippen molar-refractivity contribution >= 4 is 35.3 Å². The summed E-state index contributed by atoms with van der Waals surface area (Å²) < 4.78 is 22.0. The van der Waals surface area contributed by atoms with Gasteiger partial charge in [-0.2, -0.15) is 0 Å². The molecule has 55 heavy (non-hydrogen) atoms. The first kappa shape index (κ1) is 49.1. The number of benzene rings is 1. The summed E-state index contributed by atoms with van der Waals surface area (Å²) in [5, 5.41) is 24.8. The highest BCUT2D eigenvalue weighted by atomic mass is 16.6. The van der Waals surface area contributed by atoms with Gasteiger partial charge in [-0.1, -0.05) is 58.0 Å². The van der Waals surface area contributed by atoms with Gasteiger partial charge in [0, 0.05) is 38.3 Å². The summed E-state index contributed by atoms with van der Waals surface area (Å²) in [5.41, 5.74) is 11.5. The molecule has 312 valence electrons. The Kier molecular flexibility index (Phi) is 26.2. The van der Waals surface area contributed by atoms with Gasteiger partial charge in [-0.25, -0.2) is 4.79 Å². The number of ketones is 2. The van der Waals surface area contributed by atoms with Gasteiger partial charge in [0.15, 0.2) is 17.5 Å². The van der Waals surface area contributed by atoms with Crippen LogP contribution < -0.4 is 22.1 Å². The number of carbonyl (C=O) groups excluding carboxylic acids is 4. The summed E-state index contributed by atoms with van der Waals surface area (Å²) in [5.74, 6) is -5.42. The lowest BCUT2D eigenvalue weighted by molar-refractivity contribution is -0.143. The average molecular weight is 780 g/mol. The number of guanidine groups is 1. The highest BCUT2D eigenvalue weighted by Crippen LogP contribution is 2.17. The fourth-order valence-corrected chi connectivity index (χ4v) is 5.48.